The molecule has 1 saturated heterocycles. The van der Waals surface area contributed by atoms with E-state index in [9.17, 15) is 0 Å². The van der Waals surface area contributed by atoms with Gasteiger partial charge >= 0.3 is 0 Å². The Morgan fingerprint density at radius 1 is 1.12 bits per heavy atom. The summed E-state index contributed by atoms with van der Waals surface area (Å²) in [7, 11) is 0. The fourth-order valence-electron chi connectivity index (χ4n) is 3.63. The van der Waals surface area contributed by atoms with Gasteiger partial charge in [0.1, 0.15) is 19.3 Å². The van der Waals surface area contributed by atoms with Crippen LogP contribution in [-0.2, 0) is 11.3 Å². The van der Waals surface area contributed by atoms with Crippen LogP contribution in [0.15, 0.2) is 22.7 Å². The van der Waals surface area contributed by atoms with Crippen molar-refractivity contribution in [2.24, 2.45) is 0 Å². The molecule has 1 saturated carbocycles. The molecule has 3 aliphatic rings. The number of aromatic nitrogens is 2. The van der Waals surface area contributed by atoms with E-state index < -0.39 is 0 Å². The Kier molecular flexibility index (Phi) is 4.05. The highest BCUT2D eigenvalue weighted by atomic mass is 16.6. The minimum absolute atomic E-state index is 0.113. The molecule has 7 heteroatoms. The topological polar surface area (TPSA) is 69.9 Å². The molecule has 5 rings (SSSR count). The summed E-state index contributed by atoms with van der Waals surface area (Å²) in [5.74, 6) is 3.58. The molecule has 0 spiro atoms. The summed E-state index contributed by atoms with van der Waals surface area (Å²) in [4.78, 5) is 6.93. The highest BCUT2D eigenvalue weighted by molar-refractivity contribution is 5.43. The highest BCUT2D eigenvalue weighted by Gasteiger charge is 2.34. The Labute approximate surface area is 152 Å². The molecule has 26 heavy (non-hydrogen) atoms. The summed E-state index contributed by atoms with van der Waals surface area (Å²) >= 11 is 0. The van der Waals surface area contributed by atoms with Crippen molar-refractivity contribution >= 4 is 0 Å². The number of benzene rings is 1. The maximum Gasteiger partial charge on any atom is 0.257 e. The minimum Gasteiger partial charge on any atom is -0.486 e. The summed E-state index contributed by atoms with van der Waals surface area (Å²) in [6.45, 7) is 5.74. The van der Waals surface area contributed by atoms with Crippen molar-refractivity contribution in [1.29, 1.82) is 0 Å². The molecule has 2 fully saturated rings. The van der Waals surface area contributed by atoms with Crippen LogP contribution in [0.25, 0.3) is 0 Å². The van der Waals surface area contributed by atoms with Gasteiger partial charge in [0.25, 0.3) is 5.89 Å². The van der Waals surface area contributed by atoms with Crippen molar-refractivity contribution in [2.75, 3.05) is 26.3 Å². The molecular formula is C19H23N3O4. The SMILES string of the molecule is C[C@@H]1CN(Cc2ccc3c(c2)OCCO3)C[C@H](c2nc(C3CC3)no2)O1. The quantitative estimate of drug-likeness (QED) is 0.833. The van der Waals surface area contributed by atoms with E-state index in [1.54, 1.807) is 0 Å². The van der Waals surface area contributed by atoms with Crippen LogP contribution in [-0.4, -0.2) is 47.4 Å². The lowest BCUT2D eigenvalue weighted by Gasteiger charge is -2.35. The Bertz CT molecular complexity index is 789. The number of fused-ring (bicyclic) bond motifs is 1. The van der Waals surface area contributed by atoms with E-state index in [1.807, 2.05) is 6.07 Å². The first kappa shape index (κ1) is 16.1. The summed E-state index contributed by atoms with van der Waals surface area (Å²) in [5.41, 5.74) is 1.20. The zero-order valence-corrected chi connectivity index (χ0v) is 14.9. The third-order valence-electron chi connectivity index (χ3n) is 5.02. The molecule has 0 N–H and O–H groups in total. The van der Waals surface area contributed by atoms with Crippen LogP contribution in [0.2, 0.25) is 0 Å². The Balaban J connectivity index is 1.29. The van der Waals surface area contributed by atoms with Gasteiger partial charge in [-0.15, -0.1) is 0 Å². The van der Waals surface area contributed by atoms with Crippen LogP contribution >= 0.6 is 0 Å². The van der Waals surface area contributed by atoms with Crippen molar-refractivity contribution in [1.82, 2.24) is 15.0 Å². The molecule has 0 amide bonds. The van der Waals surface area contributed by atoms with Gasteiger partial charge in [0.05, 0.1) is 6.10 Å². The van der Waals surface area contributed by atoms with Gasteiger partial charge in [-0.2, -0.15) is 4.98 Å². The van der Waals surface area contributed by atoms with Gasteiger partial charge in [-0.3, -0.25) is 4.90 Å². The van der Waals surface area contributed by atoms with Crippen LogP contribution in [0.3, 0.4) is 0 Å². The first-order chi connectivity index (χ1) is 12.7. The molecule has 138 valence electrons. The molecule has 0 radical (unpaired) electrons. The fraction of sp³-hybridized carbons (Fsp3) is 0.579. The van der Waals surface area contributed by atoms with Crippen molar-refractivity contribution < 1.29 is 18.7 Å². The minimum atomic E-state index is -0.170. The molecule has 0 unspecified atom stereocenters. The third-order valence-corrected chi connectivity index (χ3v) is 5.02. The highest BCUT2D eigenvalue weighted by Crippen LogP contribution is 2.39. The normalized spacial score (nSPS) is 26.0. The molecule has 2 atom stereocenters. The smallest absolute Gasteiger partial charge is 0.257 e. The lowest BCUT2D eigenvalue weighted by Crippen LogP contribution is -2.42. The average Bonchev–Trinajstić information content (AvgIpc) is 3.38. The van der Waals surface area contributed by atoms with Crippen molar-refractivity contribution in [2.45, 2.75) is 44.4 Å². The van der Waals surface area contributed by atoms with E-state index in [1.165, 1.54) is 5.56 Å². The summed E-state index contributed by atoms with van der Waals surface area (Å²) in [5, 5.41) is 4.12. The number of ether oxygens (including phenoxy) is 3. The van der Waals surface area contributed by atoms with E-state index in [4.69, 9.17) is 18.7 Å². The molecule has 7 nitrogen and oxygen atoms in total. The molecule has 1 aliphatic carbocycles. The lowest BCUT2D eigenvalue weighted by molar-refractivity contribution is -0.0930. The molecular weight excluding hydrogens is 334 g/mol. The van der Waals surface area contributed by atoms with Crippen LogP contribution in [0.1, 0.15) is 49.1 Å². The van der Waals surface area contributed by atoms with Crippen molar-refractivity contribution in [3.8, 4) is 11.5 Å². The van der Waals surface area contributed by atoms with Crippen LogP contribution in [0.4, 0.5) is 0 Å². The third kappa shape index (κ3) is 3.29. The zero-order valence-electron chi connectivity index (χ0n) is 14.9. The number of morpholine rings is 1. The molecule has 3 heterocycles. The lowest BCUT2D eigenvalue weighted by atomic mass is 10.1. The van der Waals surface area contributed by atoms with E-state index in [0.29, 0.717) is 25.0 Å². The summed E-state index contributed by atoms with van der Waals surface area (Å²) in [6.07, 6.45) is 2.27. The second kappa shape index (κ2) is 6.55. The van der Waals surface area contributed by atoms with Crippen LogP contribution < -0.4 is 9.47 Å². The number of rotatable bonds is 4. The van der Waals surface area contributed by atoms with E-state index >= 15 is 0 Å². The second-order valence-corrected chi connectivity index (χ2v) is 7.37. The number of hydrogen-bond acceptors (Lipinski definition) is 7. The predicted octanol–water partition coefficient (Wildman–Crippen LogP) is 2.68. The summed E-state index contributed by atoms with van der Waals surface area (Å²) in [6, 6.07) is 6.16. The van der Waals surface area contributed by atoms with E-state index in [2.05, 4.69) is 34.1 Å². The second-order valence-electron chi connectivity index (χ2n) is 7.37. The van der Waals surface area contributed by atoms with Gasteiger partial charge in [-0.1, -0.05) is 11.2 Å². The monoisotopic (exact) mass is 357 g/mol. The van der Waals surface area contributed by atoms with Crippen molar-refractivity contribution in [3.05, 3.63) is 35.5 Å². The first-order valence-corrected chi connectivity index (χ1v) is 9.34. The van der Waals surface area contributed by atoms with Crippen LogP contribution in [0, 0.1) is 0 Å². The Morgan fingerprint density at radius 3 is 2.81 bits per heavy atom. The standard InChI is InChI=1S/C19H23N3O4/c1-12-9-22(10-13-2-5-15-16(8-13)24-7-6-23-15)11-17(25-12)19-20-18(21-26-19)14-3-4-14/h2,5,8,12,14,17H,3-4,6-7,9-11H2,1H3/t12-,17-/m1/s1. The maximum absolute atomic E-state index is 6.06. The van der Waals surface area contributed by atoms with Gasteiger partial charge in [-0.25, -0.2) is 0 Å². The van der Waals surface area contributed by atoms with Gasteiger partial charge in [0, 0.05) is 25.6 Å². The van der Waals surface area contributed by atoms with Gasteiger partial charge in [0.15, 0.2) is 17.3 Å². The largest absolute Gasteiger partial charge is 0.486 e. The first-order valence-electron chi connectivity index (χ1n) is 9.34. The number of hydrogen-bond donors (Lipinski definition) is 0. The number of nitrogens with zero attached hydrogens (tertiary/aromatic N) is 3. The maximum atomic E-state index is 6.06. The molecule has 2 aliphatic heterocycles. The summed E-state index contributed by atoms with van der Waals surface area (Å²) < 4.78 is 22.8. The average molecular weight is 357 g/mol. The Hall–Kier alpha value is -2.12. The molecule has 0 bridgehead atoms. The fourth-order valence-corrected chi connectivity index (χ4v) is 3.63. The molecule has 1 aromatic heterocycles. The van der Waals surface area contributed by atoms with Gasteiger partial charge < -0.3 is 18.7 Å². The Morgan fingerprint density at radius 2 is 1.96 bits per heavy atom. The van der Waals surface area contributed by atoms with Crippen molar-refractivity contribution in [3.63, 3.8) is 0 Å². The van der Waals surface area contributed by atoms with Gasteiger partial charge in [0.2, 0.25) is 0 Å². The zero-order chi connectivity index (χ0) is 17.5. The van der Waals surface area contributed by atoms with Crippen LogP contribution in [0.5, 0.6) is 11.5 Å². The molecule has 1 aromatic carbocycles. The predicted molar refractivity (Wildman–Crippen MR) is 92.3 cm³/mol. The van der Waals surface area contributed by atoms with E-state index in [0.717, 1.165) is 49.8 Å². The van der Waals surface area contributed by atoms with E-state index in [-0.39, 0.29) is 12.2 Å². The molecule has 2 aromatic rings. The van der Waals surface area contributed by atoms with Gasteiger partial charge in [-0.05, 0) is 37.5 Å².